The van der Waals surface area contributed by atoms with E-state index in [1.807, 2.05) is 18.2 Å². The molecular formula is C20H19N5O3. The maximum absolute atomic E-state index is 12.2. The highest BCUT2D eigenvalue weighted by molar-refractivity contribution is 6.02. The summed E-state index contributed by atoms with van der Waals surface area (Å²) in [4.78, 5) is 22.4. The van der Waals surface area contributed by atoms with Crippen molar-refractivity contribution in [2.45, 2.75) is 19.8 Å². The first-order chi connectivity index (χ1) is 13.4. The van der Waals surface area contributed by atoms with Gasteiger partial charge in [0.15, 0.2) is 0 Å². The molecule has 0 unspecified atom stereocenters. The van der Waals surface area contributed by atoms with Crippen molar-refractivity contribution in [3.8, 4) is 5.69 Å². The average molecular weight is 377 g/mol. The molecule has 142 valence electrons. The average Bonchev–Trinajstić information content (AvgIpc) is 3.17. The van der Waals surface area contributed by atoms with Gasteiger partial charge < -0.3 is 5.32 Å². The number of nitrogens with zero attached hydrogens (tertiary/aromatic N) is 4. The van der Waals surface area contributed by atoms with E-state index in [1.165, 1.54) is 18.2 Å². The van der Waals surface area contributed by atoms with Crippen molar-refractivity contribution in [2.75, 3.05) is 5.32 Å². The number of nitro groups is 1. The Labute approximate surface area is 161 Å². The Morgan fingerprint density at radius 1 is 1.21 bits per heavy atom. The smallest absolute Gasteiger partial charge is 0.269 e. The van der Waals surface area contributed by atoms with Crippen molar-refractivity contribution in [1.29, 1.82) is 0 Å². The van der Waals surface area contributed by atoms with Crippen LogP contribution in [-0.2, 0) is 4.79 Å². The number of anilines is 1. The van der Waals surface area contributed by atoms with Crippen molar-refractivity contribution in [1.82, 2.24) is 15.0 Å². The lowest BCUT2D eigenvalue weighted by molar-refractivity contribution is -0.384. The molecule has 0 spiro atoms. The van der Waals surface area contributed by atoms with E-state index < -0.39 is 4.92 Å². The van der Waals surface area contributed by atoms with Gasteiger partial charge in [0.2, 0.25) is 5.91 Å². The first-order valence-corrected chi connectivity index (χ1v) is 8.68. The number of carbonyl (C=O) groups excluding carboxylic acids is 1. The largest absolute Gasteiger partial charge is 0.322 e. The SMILES string of the molecule is CC(C)c1cnnn1-c1cccc(NC(=O)/C=C/c2ccc([N+](=O)[O-])cc2)c1. The van der Waals surface area contributed by atoms with E-state index in [0.29, 0.717) is 11.3 Å². The lowest BCUT2D eigenvalue weighted by Crippen LogP contribution is -2.09. The van der Waals surface area contributed by atoms with Crippen LogP contribution in [0, 0.1) is 10.1 Å². The number of nitro benzene ring substituents is 1. The van der Waals surface area contributed by atoms with Gasteiger partial charge in [0.05, 0.1) is 22.5 Å². The molecule has 8 nitrogen and oxygen atoms in total. The molecule has 0 aliphatic rings. The van der Waals surface area contributed by atoms with Crippen molar-refractivity contribution < 1.29 is 9.72 Å². The van der Waals surface area contributed by atoms with E-state index in [2.05, 4.69) is 29.5 Å². The minimum atomic E-state index is -0.465. The molecule has 0 fully saturated rings. The molecule has 0 aliphatic carbocycles. The zero-order chi connectivity index (χ0) is 20.1. The lowest BCUT2D eigenvalue weighted by Gasteiger charge is -2.10. The summed E-state index contributed by atoms with van der Waals surface area (Å²) in [5.74, 6) is -0.0453. The third kappa shape index (κ3) is 4.47. The van der Waals surface area contributed by atoms with E-state index >= 15 is 0 Å². The molecular weight excluding hydrogens is 358 g/mol. The molecule has 2 aromatic carbocycles. The first-order valence-electron chi connectivity index (χ1n) is 8.68. The topological polar surface area (TPSA) is 103 Å². The maximum atomic E-state index is 12.2. The van der Waals surface area contributed by atoms with Crippen LogP contribution in [-0.4, -0.2) is 25.8 Å². The van der Waals surface area contributed by atoms with Crippen LogP contribution in [0.2, 0.25) is 0 Å². The van der Waals surface area contributed by atoms with Crippen LogP contribution in [0.15, 0.2) is 60.8 Å². The summed E-state index contributed by atoms with van der Waals surface area (Å²) in [6.45, 7) is 4.12. The van der Waals surface area contributed by atoms with Crippen molar-refractivity contribution >= 4 is 23.4 Å². The molecule has 0 bridgehead atoms. The van der Waals surface area contributed by atoms with Crippen molar-refractivity contribution in [2.24, 2.45) is 0 Å². The predicted octanol–water partition coefficient (Wildman–Crippen LogP) is 3.95. The number of non-ortho nitro benzene ring substituents is 1. The zero-order valence-electron chi connectivity index (χ0n) is 15.4. The minimum Gasteiger partial charge on any atom is -0.322 e. The summed E-state index contributed by atoms with van der Waals surface area (Å²) >= 11 is 0. The summed E-state index contributed by atoms with van der Waals surface area (Å²) in [5.41, 5.74) is 3.10. The van der Waals surface area contributed by atoms with Gasteiger partial charge in [-0.1, -0.05) is 25.1 Å². The van der Waals surface area contributed by atoms with Gasteiger partial charge in [-0.25, -0.2) is 4.68 Å². The number of amides is 1. The molecule has 0 aliphatic heterocycles. The van der Waals surface area contributed by atoms with Gasteiger partial charge in [0.25, 0.3) is 5.69 Å². The van der Waals surface area contributed by atoms with Crippen LogP contribution in [0.5, 0.6) is 0 Å². The fourth-order valence-corrected chi connectivity index (χ4v) is 2.62. The summed E-state index contributed by atoms with van der Waals surface area (Å²) in [6.07, 6.45) is 4.70. The van der Waals surface area contributed by atoms with Crippen LogP contribution in [0.25, 0.3) is 11.8 Å². The molecule has 0 radical (unpaired) electrons. The molecule has 0 saturated carbocycles. The summed E-state index contributed by atoms with van der Waals surface area (Å²) < 4.78 is 1.74. The van der Waals surface area contributed by atoms with Gasteiger partial charge in [0, 0.05) is 23.9 Å². The molecule has 0 saturated heterocycles. The van der Waals surface area contributed by atoms with Gasteiger partial charge in [-0.2, -0.15) is 0 Å². The summed E-state index contributed by atoms with van der Waals surface area (Å²) in [5, 5.41) is 21.5. The second kappa shape index (κ2) is 8.26. The summed E-state index contributed by atoms with van der Waals surface area (Å²) in [7, 11) is 0. The number of hydrogen-bond acceptors (Lipinski definition) is 5. The molecule has 1 amide bonds. The monoisotopic (exact) mass is 377 g/mol. The Hall–Kier alpha value is -3.81. The van der Waals surface area contributed by atoms with Crippen LogP contribution in [0.1, 0.15) is 31.0 Å². The number of rotatable bonds is 6. The van der Waals surface area contributed by atoms with Gasteiger partial charge >= 0.3 is 0 Å². The molecule has 28 heavy (non-hydrogen) atoms. The van der Waals surface area contributed by atoms with E-state index in [-0.39, 0.29) is 17.5 Å². The Morgan fingerprint density at radius 2 is 1.96 bits per heavy atom. The van der Waals surface area contributed by atoms with Gasteiger partial charge in [0.1, 0.15) is 0 Å². The maximum Gasteiger partial charge on any atom is 0.269 e. The highest BCUT2D eigenvalue weighted by Gasteiger charge is 2.10. The van der Waals surface area contributed by atoms with Crippen molar-refractivity contribution in [3.63, 3.8) is 0 Å². The highest BCUT2D eigenvalue weighted by atomic mass is 16.6. The first kappa shape index (κ1) is 19.0. The number of benzene rings is 2. The van der Waals surface area contributed by atoms with Gasteiger partial charge in [-0.3, -0.25) is 14.9 Å². The van der Waals surface area contributed by atoms with Crippen LogP contribution in [0.4, 0.5) is 11.4 Å². The van der Waals surface area contributed by atoms with Gasteiger partial charge in [-0.05, 0) is 47.9 Å². The van der Waals surface area contributed by atoms with Crippen LogP contribution >= 0.6 is 0 Å². The third-order valence-corrected chi connectivity index (χ3v) is 4.06. The Balaban J connectivity index is 1.70. The third-order valence-electron chi connectivity index (χ3n) is 4.06. The predicted molar refractivity (Wildman–Crippen MR) is 106 cm³/mol. The quantitative estimate of drug-likeness (QED) is 0.398. The number of carbonyl (C=O) groups is 1. The molecule has 3 aromatic rings. The second-order valence-electron chi connectivity index (χ2n) is 6.45. The highest BCUT2D eigenvalue weighted by Crippen LogP contribution is 2.20. The number of hydrogen-bond donors (Lipinski definition) is 1. The summed E-state index contributed by atoms with van der Waals surface area (Å²) in [6, 6.07) is 13.3. The second-order valence-corrected chi connectivity index (χ2v) is 6.45. The van der Waals surface area contributed by atoms with E-state index in [4.69, 9.17) is 0 Å². The minimum absolute atomic E-state index is 0.00675. The normalized spacial score (nSPS) is 11.1. The molecule has 0 atom stereocenters. The lowest BCUT2D eigenvalue weighted by atomic mass is 10.1. The van der Waals surface area contributed by atoms with Gasteiger partial charge in [-0.15, -0.1) is 5.10 Å². The Bertz CT molecular complexity index is 1020. The molecule has 8 heteroatoms. The molecule has 1 N–H and O–H groups in total. The fourth-order valence-electron chi connectivity index (χ4n) is 2.62. The Morgan fingerprint density at radius 3 is 2.64 bits per heavy atom. The van der Waals surface area contributed by atoms with Crippen LogP contribution in [0.3, 0.4) is 0 Å². The Kier molecular flexibility index (Phi) is 5.59. The van der Waals surface area contributed by atoms with E-state index in [0.717, 1.165) is 11.4 Å². The molecule has 1 aromatic heterocycles. The van der Waals surface area contributed by atoms with E-state index in [1.54, 1.807) is 35.2 Å². The standard InChI is InChI=1S/C20H19N5O3/c1-14(2)19-13-21-23-24(19)18-5-3-4-16(12-18)22-20(26)11-8-15-6-9-17(10-7-15)25(27)28/h3-14H,1-2H3,(H,22,26)/b11-8+. The number of nitrogens with one attached hydrogen (secondary N) is 1. The van der Waals surface area contributed by atoms with Crippen LogP contribution < -0.4 is 5.32 Å². The zero-order valence-corrected chi connectivity index (χ0v) is 15.4. The fraction of sp³-hybridized carbons (Fsp3) is 0.150. The van der Waals surface area contributed by atoms with E-state index in [9.17, 15) is 14.9 Å². The molecule has 1 heterocycles. The number of aromatic nitrogens is 3. The van der Waals surface area contributed by atoms with Crippen molar-refractivity contribution in [3.05, 3.63) is 82.2 Å². The molecule has 3 rings (SSSR count).